The van der Waals surface area contributed by atoms with E-state index in [2.05, 4.69) is 43.0 Å². The lowest BCUT2D eigenvalue weighted by Crippen LogP contribution is -2.46. The standard InChI is InChI=1S/C14H25N5O/c1-8(2)12-16-13(18-15)11(5)14(17-12)19-6-9(3)20-10(4)7-19/h8-10H,6-7,15H2,1-5H3,(H,16,17,18). The van der Waals surface area contributed by atoms with Crippen LogP contribution in [0.25, 0.3) is 0 Å². The molecule has 0 radical (unpaired) electrons. The summed E-state index contributed by atoms with van der Waals surface area (Å²) in [7, 11) is 0. The van der Waals surface area contributed by atoms with Crippen molar-refractivity contribution in [2.75, 3.05) is 23.4 Å². The normalized spacial score (nSPS) is 23.2. The van der Waals surface area contributed by atoms with E-state index in [1.165, 1.54) is 0 Å². The third kappa shape index (κ3) is 3.02. The Balaban J connectivity index is 2.41. The van der Waals surface area contributed by atoms with Gasteiger partial charge in [0.1, 0.15) is 17.5 Å². The number of nitrogen functional groups attached to an aromatic ring is 1. The fourth-order valence-electron chi connectivity index (χ4n) is 2.58. The monoisotopic (exact) mass is 279 g/mol. The predicted octanol–water partition coefficient (Wildman–Crippen LogP) is 1.81. The topological polar surface area (TPSA) is 76.3 Å². The molecule has 1 aromatic rings. The molecule has 0 amide bonds. The second-order valence-corrected chi connectivity index (χ2v) is 5.84. The first kappa shape index (κ1) is 15.0. The SMILES string of the molecule is Cc1c(NN)nc(C(C)C)nc1N1CC(C)OC(C)C1. The molecule has 1 aliphatic heterocycles. The van der Waals surface area contributed by atoms with Crippen molar-refractivity contribution in [3.05, 3.63) is 11.4 Å². The first-order chi connectivity index (χ1) is 9.42. The Labute approximate surface area is 120 Å². The summed E-state index contributed by atoms with van der Waals surface area (Å²) in [6, 6.07) is 0. The van der Waals surface area contributed by atoms with Crippen LogP contribution in [0.15, 0.2) is 0 Å². The maximum absolute atomic E-state index is 5.79. The number of hydrogen-bond donors (Lipinski definition) is 2. The number of nitrogens with one attached hydrogen (secondary N) is 1. The first-order valence-corrected chi connectivity index (χ1v) is 7.18. The smallest absolute Gasteiger partial charge is 0.148 e. The predicted molar refractivity (Wildman–Crippen MR) is 80.9 cm³/mol. The molecule has 2 heterocycles. The lowest BCUT2D eigenvalue weighted by Gasteiger charge is -2.37. The lowest BCUT2D eigenvalue weighted by molar-refractivity contribution is -0.00550. The van der Waals surface area contributed by atoms with E-state index in [1.807, 2.05) is 6.92 Å². The molecule has 0 saturated carbocycles. The highest BCUT2D eigenvalue weighted by Gasteiger charge is 2.26. The summed E-state index contributed by atoms with van der Waals surface area (Å²) >= 11 is 0. The minimum Gasteiger partial charge on any atom is -0.372 e. The number of nitrogens with two attached hydrogens (primary N) is 1. The van der Waals surface area contributed by atoms with Crippen molar-refractivity contribution in [3.63, 3.8) is 0 Å². The molecule has 2 unspecified atom stereocenters. The number of aromatic nitrogens is 2. The third-order valence-corrected chi connectivity index (χ3v) is 3.51. The maximum Gasteiger partial charge on any atom is 0.148 e. The zero-order valence-electron chi connectivity index (χ0n) is 13.0. The zero-order chi connectivity index (χ0) is 14.9. The van der Waals surface area contributed by atoms with Gasteiger partial charge in [-0.3, -0.25) is 0 Å². The van der Waals surface area contributed by atoms with Crippen LogP contribution >= 0.6 is 0 Å². The van der Waals surface area contributed by atoms with E-state index in [1.54, 1.807) is 0 Å². The number of nitrogens with zero attached hydrogens (tertiary/aromatic N) is 3. The van der Waals surface area contributed by atoms with E-state index in [0.717, 1.165) is 30.3 Å². The van der Waals surface area contributed by atoms with Crippen molar-refractivity contribution in [1.82, 2.24) is 9.97 Å². The fraction of sp³-hybridized carbons (Fsp3) is 0.714. The number of rotatable bonds is 3. The van der Waals surface area contributed by atoms with E-state index in [0.29, 0.717) is 5.82 Å². The van der Waals surface area contributed by atoms with E-state index in [4.69, 9.17) is 15.6 Å². The number of hydrazine groups is 1. The van der Waals surface area contributed by atoms with Crippen LogP contribution in [0.5, 0.6) is 0 Å². The van der Waals surface area contributed by atoms with Crippen LogP contribution < -0.4 is 16.2 Å². The molecule has 0 aromatic carbocycles. The van der Waals surface area contributed by atoms with E-state index < -0.39 is 0 Å². The minimum atomic E-state index is 0.199. The molecule has 1 aliphatic rings. The van der Waals surface area contributed by atoms with Gasteiger partial charge in [0.05, 0.1) is 12.2 Å². The molecule has 0 bridgehead atoms. The van der Waals surface area contributed by atoms with Gasteiger partial charge in [0.2, 0.25) is 0 Å². The highest BCUT2D eigenvalue weighted by molar-refractivity contribution is 5.58. The van der Waals surface area contributed by atoms with Gasteiger partial charge in [-0.15, -0.1) is 0 Å². The number of ether oxygens (including phenoxy) is 1. The largest absolute Gasteiger partial charge is 0.372 e. The van der Waals surface area contributed by atoms with Crippen molar-refractivity contribution in [3.8, 4) is 0 Å². The van der Waals surface area contributed by atoms with Gasteiger partial charge in [0.25, 0.3) is 0 Å². The molecule has 20 heavy (non-hydrogen) atoms. The Kier molecular flexibility index (Phi) is 4.45. The molecule has 3 N–H and O–H groups in total. The summed E-state index contributed by atoms with van der Waals surface area (Å²) in [5.41, 5.74) is 3.67. The van der Waals surface area contributed by atoms with Gasteiger partial charge in [-0.2, -0.15) is 0 Å². The van der Waals surface area contributed by atoms with Crippen LogP contribution in [0.2, 0.25) is 0 Å². The molecule has 2 rings (SSSR count). The van der Waals surface area contributed by atoms with E-state index >= 15 is 0 Å². The number of anilines is 2. The molecule has 6 nitrogen and oxygen atoms in total. The summed E-state index contributed by atoms with van der Waals surface area (Å²) < 4.78 is 5.79. The van der Waals surface area contributed by atoms with Gasteiger partial charge in [-0.05, 0) is 20.8 Å². The third-order valence-electron chi connectivity index (χ3n) is 3.51. The van der Waals surface area contributed by atoms with Gasteiger partial charge in [0.15, 0.2) is 0 Å². The van der Waals surface area contributed by atoms with Crippen LogP contribution in [-0.2, 0) is 4.74 Å². The van der Waals surface area contributed by atoms with Crippen molar-refractivity contribution >= 4 is 11.6 Å². The Hall–Kier alpha value is -1.40. The summed E-state index contributed by atoms with van der Waals surface area (Å²) in [4.78, 5) is 11.5. The summed E-state index contributed by atoms with van der Waals surface area (Å²) in [6.45, 7) is 12.0. The zero-order valence-corrected chi connectivity index (χ0v) is 13.0. The Morgan fingerprint density at radius 1 is 1.25 bits per heavy atom. The Bertz CT molecular complexity index is 467. The molecule has 1 saturated heterocycles. The number of hydrogen-bond acceptors (Lipinski definition) is 6. The van der Waals surface area contributed by atoms with Gasteiger partial charge >= 0.3 is 0 Å². The summed E-state index contributed by atoms with van der Waals surface area (Å²) in [5, 5.41) is 0. The van der Waals surface area contributed by atoms with Crippen molar-refractivity contribution in [2.45, 2.75) is 52.7 Å². The maximum atomic E-state index is 5.79. The van der Waals surface area contributed by atoms with Gasteiger partial charge in [-0.1, -0.05) is 13.8 Å². The van der Waals surface area contributed by atoms with Crippen LogP contribution in [-0.4, -0.2) is 35.3 Å². The molecule has 1 fully saturated rings. The average Bonchev–Trinajstić information content (AvgIpc) is 2.37. The lowest BCUT2D eigenvalue weighted by atomic mass is 10.1. The van der Waals surface area contributed by atoms with Crippen molar-refractivity contribution < 1.29 is 4.74 Å². The summed E-state index contributed by atoms with van der Waals surface area (Å²) in [6.07, 6.45) is 0.398. The Morgan fingerprint density at radius 2 is 1.85 bits per heavy atom. The van der Waals surface area contributed by atoms with Crippen LogP contribution in [0.3, 0.4) is 0 Å². The molecular weight excluding hydrogens is 254 g/mol. The van der Waals surface area contributed by atoms with Crippen LogP contribution in [0.1, 0.15) is 45.0 Å². The molecule has 2 atom stereocenters. The highest BCUT2D eigenvalue weighted by atomic mass is 16.5. The fourth-order valence-corrected chi connectivity index (χ4v) is 2.58. The van der Waals surface area contributed by atoms with Crippen LogP contribution in [0.4, 0.5) is 11.6 Å². The molecule has 6 heteroatoms. The minimum absolute atomic E-state index is 0.199. The van der Waals surface area contributed by atoms with Crippen LogP contribution in [0, 0.1) is 6.92 Å². The van der Waals surface area contributed by atoms with Crippen molar-refractivity contribution in [2.24, 2.45) is 5.84 Å². The quantitative estimate of drug-likeness (QED) is 0.649. The highest BCUT2D eigenvalue weighted by Crippen LogP contribution is 2.27. The van der Waals surface area contributed by atoms with Gasteiger partial charge in [-0.25, -0.2) is 15.8 Å². The molecule has 0 aliphatic carbocycles. The number of morpholine rings is 1. The molecule has 0 spiro atoms. The van der Waals surface area contributed by atoms with Crippen molar-refractivity contribution in [1.29, 1.82) is 0 Å². The van der Waals surface area contributed by atoms with Gasteiger partial charge in [0, 0.05) is 24.6 Å². The Morgan fingerprint density at radius 3 is 2.35 bits per heavy atom. The van der Waals surface area contributed by atoms with E-state index in [9.17, 15) is 0 Å². The molecule has 1 aromatic heterocycles. The second-order valence-electron chi connectivity index (χ2n) is 5.84. The van der Waals surface area contributed by atoms with Gasteiger partial charge < -0.3 is 15.1 Å². The van der Waals surface area contributed by atoms with E-state index in [-0.39, 0.29) is 18.1 Å². The molecular formula is C14H25N5O. The second kappa shape index (κ2) is 5.93. The first-order valence-electron chi connectivity index (χ1n) is 7.18. The average molecular weight is 279 g/mol. The molecule has 112 valence electrons. The summed E-state index contributed by atoms with van der Waals surface area (Å²) in [5.74, 6) is 8.32.